The van der Waals surface area contributed by atoms with Crippen LogP contribution < -0.4 is 11.1 Å². The van der Waals surface area contributed by atoms with E-state index >= 15 is 0 Å². The first-order chi connectivity index (χ1) is 9.29. The number of alkyl halides is 3. The first-order valence-corrected chi connectivity index (χ1v) is 6.52. The Kier molecular flexibility index (Phi) is 5.64. The van der Waals surface area contributed by atoms with Crippen LogP contribution in [0.2, 0.25) is 0 Å². The Morgan fingerprint density at radius 1 is 1.33 bits per heavy atom. The average molecular weight is 323 g/mol. The number of anilines is 1. The minimum Gasteiger partial charge on any atom is -0.328 e. The Morgan fingerprint density at radius 3 is 2.52 bits per heavy atom. The lowest BCUT2D eigenvalue weighted by Crippen LogP contribution is -2.24. The molecule has 0 bridgehead atoms. The third kappa shape index (κ3) is 4.11. The van der Waals surface area contributed by atoms with Crippen molar-refractivity contribution in [2.24, 2.45) is 11.7 Å². The van der Waals surface area contributed by atoms with Gasteiger partial charge in [-0.2, -0.15) is 13.2 Å². The first kappa shape index (κ1) is 17.8. The fraction of sp³-hybridized carbons (Fsp3) is 0.500. The lowest BCUT2D eigenvalue weighted by Gasteiger charge is -2.16. The predicted molar refractivity (Wildman–Crippen MR) is 77.4 cm³/mol. The number of hydrogen-bond acceptors (Lipinski definition) is 2. The summed E-state index contributed by atoms with van der Waals surface area (Å²) in [5, 5.41) is 2.59. The van der Waals surface area contributed by atoms with Gasteiger partial charge in [-0.05, 0) is 43.9 Å². The smallest absolute Gasteiger partial charge is 0.328 e. The fourth-order valence-electron chi connectivity index (χ4n) is 2.57. The number of benzene rings is 1. The second-order valence-electron chi connectivity index (χ2n) is 5.24. The van der Waals surface area contributed by atoms with Crippen LogP contribution in [-0.2, 0) is 11.0 Å². The van der Waals surface area contributed by atoms with Crippen LogP contribution in [0.1, 0.15) is 30.4 Å². The van der Waals surface area contributed by atoms with Gasteiger partial charge in [0.1, 0.15) is 0 Å². The van der Waals surface area contributed by atoms with Gasteiger partial charge in [0.05, 0.1) is 5.56 Å². The average Bonchev–Trinajstić information content (AvgIpc) is 2.77. The molecule has 1 aromatic carbocycles. The Bertz CT molecular complexity index is 519. The fourth-order valence-corrected chi connectivity index (χ4v) is 2.57. The monoisotopic (exact) mass is 322 g/mol. The molecule has 2 unspecified atom stereocenters. The molecule has 3 N–H and O–H groups in total. The second-order valence-corrected chi connectivity index (χ2v) is 5.24. The molecule has 21 heavy (non-hydrogen) atoms. The summed E-state index contributed by atoms with van der Waals surface area (Å²) in [5.41, 5.74) is 5.27. The van der Waals surface area contributed by atoms with Gasteiger partial charge in [0, 0.05) is 17.6 Å². The SMILES string of the molecule is Cc1c(NC(=O)C2CCC(N)C2)cccc1C(F)(F)F.Cl. The Morgan fingerprint density at radius 2 is 2.00 bits per heavy atom. The molecule has 118 valence electrons. The van der Waals surface area contributed by atoms with Crippen LogP contribution in [0.4, 0.5) is 18.9 Å². The molecule has 0 heterocycles. The molecular formula is C14H18ClF3N2O. The van der Waals surface area contributed by atoms with Crippen LogP contribution in [-0.4, -0.2) is 11.9 Å². The summed E-state index contributed by atoms with van der Waals surface area (Å²) in [6, 6.07) is 3.80. The van der Waals surface area contributed by atoms with Gasteiger partial charge in [0.25, 0.3) is 0 Å². The quantitative estimate of drug-likeness (QED) is 0.875. The Balaban J connectivity index is 0.00000220. The van der Waals surface area contributed by atoms with Crippen molar-refractivity contribution in [3.05, 3.63) is 29.3 Å². The number of nitrogens with one attached hydrogen (secondary N) is 1. The van der Waals surface area contributed by atoms with E-state index in [9.17, 15) is 18.0 Å². The zero-order valence-corrected chi connectivity index (χ0v) is 12.4. The number of halogens is 4. The number of rotatable bonds is 2. The molecule has 1 saturated carbocycles. The lowest BCUT2D eigenvalue weighted by atomic mass is 10.0. The summed E-state index contributed by atoms with van der Waals surface area (Å²) < 4.78 is 38.4. The molecule has 0 saturated heterocycles. The van der Waals surface area contributed by atoms with Crippen LogP contribution in [0.3, 0.4) is 0 Å². The molecule has 0 radical (unpaired) electrons. The third-order valence-electron chi connectivity index (χ3n) is 3.74. The van der Waals surface area contributed by atoms with E-state index in [0.29, 0.717) is 12.8 Å². The van der Waals surface area contributed by atoms with Crippen LogP contribution >= 0.6 is 12.4 Å². The number of nitrogens with two attached hydrogens (primary N) is 1. The minimum absolute atomic E-state index is 0. The highest BCUT2D eigenvalue weighted by atomic mass is 35.5. The largest absolute Gasteiger partial charge is 0.416 e. The van der Waals surface area contributed by atoms with Gasteiger partial charge in [0.15, 0.2) is 0 Å². The maximum atomic E-state index is 12.8. The lowest BCUT2D eigenvalue weighted by molar-refractivity contribution is -0.138. The van der Waals surface area contributed by atoms with E-state index in [1.807, 2.05) is 0 Å². The minimum atomic E-state index is -4.42. The van der Waals surface area contributed by atoms with Crippen molar-refractivity contribution in [1.29, 1.82) is 0 Å². The standard InChI is InChI=1S/C14H17F3N2O.ClH/c1-8-11(14(15,16)17)3-2-4-12(8)19-13(20)9-5-6-10(18)7-9;/h2-4,9-10H,5-7,18H2,1H3,(H,19,20);1H. The molecule has 1 aromatic rings. The number of carbonyl (C=O) groups is 1. The van der Waals surface area contributed by atoms with Crippen molar-refractivity contribution >= 4 is 24.0 Å². The molecule has 2 rings (SSSR count). The summed E-state index contributed by atoms with van der Waals surface area (Å²) in [5.74, 6) is -0.459. The van der Waals surface area contributed by atoms with Gasteiger partial charge >= 0.3 is 6.18 Å². The summed E-state index contributed by atoms with van der Waals surface area (Å²) in [4.78, 5) is 12.0. The van der Waals surface area contributed by atoms with E-state index < -0.39 is 11.7 Å². The topological polar surface area (TPSA) is 55.1 Å². The normalized spacial score (nSPS) is 21.8. The molecule has 0 spiro atoms. The van der Waals surface area contributed by atoms with Gasteiger partial charge in [-0.15, -0.1) is 12.4 Å². The van der Waals surface area contributed by atoms with E-state index in [1.54, 1.807) is 0 Å². The Labute approximate surface area is 127 Å². The van der Waals surface area contributed by atoms with Gasteiger partial charge in [-0.3, -0.25) is 4.79 Å². The van der Waals surface area contributed by atoms with Gasteiger partial charge in [-0.1, -0.05) is 6.07 Å². The van der Waals surface area contributed by atoms with E-state index in [1.165, 1.54) is 19.1 Å². The molecule has 0 aromatic heterocycles. The molecule has 3 nitrogen and oxygen atoms in total. The van der Waals surface area contributed by atoms with E-state index in [0.717, 1.165) is 12.5 Å². The summed E-state index contributed by atoms with van der Waals surface area (Å²) in [7, 11) is 0. The molecule has 1 amide bonds. The van der Waals surface area contributed by atoms with Crippen molar-refractivity contribution in [2.75, 3.05) is 5.32 Å². The predicted octanol–water partition coefficient (Wildman–Crippen LogP) is 3.50. The maximum absolute atomic E-state index is 12.8. The summed E-state index contributed by atoms with van der Waals surface area (Å²) in [6.07, 6.45) is -2.37. The summed E-state index contributed by atoms with van der Waals surface area (Å²) in [6.45, 7) is 1.36. The van der Waals surface area contributed by atoms with Crippen LogP contribution in [0.5, 0.6) is 0 Å². The van der Waals surface area contributed by atoms with E-state index in [-0.39, 0.29) is 41.5 Å². The molecule has 2 atom stereocenters. The second kappa shape index (κ2) is 6.66. The van der Waals surface area contributed by atoms with Crippen LogP contribution in [0.25, 0.3) is 0 Å². The zero-order chi connectivity index (χ0) is 14.9. The van der Waals surface area contributed by atoms with Crippen molar-refractivity contribution in [3.63, 3.8) is 0 Å². The molecule has 1 fully saturated rings. The van der Waals surface area contributed by atoms with E-state index in [4.69, 9.17) is 5.73 Å². The van der Waals surface area contributed by atoms with Crippen molar-refractivity contribution in [1.82, 2.24) is 0 Å². The van der Waals surface area contributed by atoms with Gasteiger partial charge < -0.3 is 11.1 Å². The highest BCUT2D eigenvalue weighted by Gasteiger charge is 2.33. The zero-order valence-electron chi connectivity index (χ0n) is 11.5. The van der Waals surface area contributed by atoms with Crippen molar-refractivity contribution in [3.8, 4) is 0 Å². The highest BCUT2D eigenvalue weighted by molar-refractivity contribution is 5.93. The number of carbonyl (C=O) groups excluding carboxylic acids is 1. The number of hydrogen-bond donors (Lipinski definition) is 2. The molecule has 1 aliphatic carbocycles. The third-order valence-corrected chi connectivity index (χ3v) is 3.74. The number of amides is 1. The summed E-state index contributed by atoms with van der Waals surface area (Å²) >= 11 is 0. The first-order valence-electron chi connectivity index (χ1n) is 6.52. The van der Waals surface area contributed by atoms with Crippen LogP contribution in [0, 0.1) is 12.8 Å². The van der Waals surface area contributed by atoms with Crippen LogP contribution in [0.15, 0.2) is 18.2 Å². The van der Waals surface area contributed by atoms with Crippen molar-refractivity contribution < 1.29 is 18.0 Å². The molecule has 7 heteroatoms. The maximum Gasteiger partial charge on any atom is 0.416 e. The van der Waals surface area contributed by atoms with E-state index in [2.05, 4.69) is 5.32 Å². The Hall–Kier alpha value is -1.27. The molecule has 0 aliphatic heterocycles. The van der Waals surface area contributed by atoms with Gasteiger partial charge in [-0.25, -0.2) is 0 Å². The highest BCUT2D eigenvalue weighted by Crippen LogP contribution is 2.35. The van der Waals surface area contributed by atoms with Gasteiger partial charge in [0.2, 0.25) is 5.91 Å². The molecule has 1 aliphatic rings. The van der Waals surface area contributed by atoms with Crippen molar-refractivity contribution in [2.45, 2.75) is 38.4 Å². The molecular weight excluding hydrogens is 305 g/mol.